The summed E-state index contributed by atoms with van der Waals surface area (Å²) in [6.45, 7) is 6.78. The van der Waals surface area contributed by atoms with Crippen LogP contribution in [0.15, 0.2) is 72.9 Å². The molecule has 0 aromatic rings. The van der Waals surface area contributed by atoms with Crippen LogP contribution in [0.3, 0.4) is 0 Å². The summed E-state index contributed by atoms with van der Waals surface area (Å²) in [4.78, 5) is 25.1. The highest BCUT2D eigenvalue weighted by molar-refractivity contribution is 5.71. The number of cyclic esters (lactones) is 1. The van der Waals surface area contributed by atoms with Crippen LogP contribution >= 0.6 is 0 Å². The molecule has 0 spiro atoms. The van der Waals surface area contributed by atoms with Crippen molar-refractivity contribution in [3.63, 3.8) is 0 Å². The zero-order chi connectivity index (χ0) is 48.4. The number of carbonyl (C=O) groups is 2. The van der Waals surface area contributed by atoms with E-state index in [1.807, 2.05) is 49.5 Å². The van der Waals surface area contributed by atoms with Crippen molar-refractivity contribution in [2.75, 3.05) is 0 Å². The summed E-state index contributed by atoms with van der Waals surface area (Å²) in [5.41, 5.74) is 6.02. The number of ether oxygens (including phenoxy) is 4. The molecule has 18 heteroatoms. The van der Waals surface area contributed by atoms with Crippen LogP contribution in [0.2, 0.25) is 0 Å². The summed E-state index contributed by atoms with van der Waals surface area (Å²) in [6, 6.07) is -1.14. The molecule has 13 N–H and O–H groups in total. The van der Waals surface area contributed by atoms with Gasteiger partial charge in [-0.3, -0.25) is 9.59 Å². The predicted octanol–water partition coefficient (Wildman–Crippen LogP) is 0.936. The van der Waals surface area contributed by atoms with Crippen molar-refractivity contribution in [1.82, 2.24) is 0 Å². The average Bonchev–Trinajstić information content (AvgIpc) is 3.21. The maximum absolute atomic E-state index is 12.6. The Hall–Kier alpha value is -3.18. The van der Waals surface area contributed by atoms with E-state index in [9.17, 15) is 65.8 Å². The van der Waals surface area contributed by atoms with Crippen molar-refractivity contribution in [2.45, 2.75) is 189 Å². The molecule has 2 bridgehead atoms. The molecule has 65 heavy (non-hydrogen) atoms. The number of carboxylic acid groups (broad SMARTS) is 1. The van der Waals surface area contributed by atoms with Gasteiger partial charge in [0.1, 0.15) is 18.1 Å². The number of carboxylic acids is 1. The van der Waals surface area contributed by atoms with E-state index in [4.69, 9.17) is 24.7 Å². The van der Waals surface area contributed by atoms with Crippen molar-refractivity contribution in [1.29, 1.82) is 0 Å². The van der Waals surface area contributed by atoms with Crippen molar-refractivity contribution < 1.29 is 84.7 Å². The lowest BCUT2D eigenvalue weighted by Crippen LogP contribution is -2.61. The summed E-state index contributed by atoms with van der Waals surface area (Å²) in [7, 11) is 0. The molecular weight excluding hydrogens is 851 g/mol. The Morgan fingerprint density at radius 3 is 1.94 bits per heavy atom. The zero-order valence-corrected chi connectivity index (χ0v) is 37.8. The predicted molar refractivity (Wildman–Crippen MR) is 237 cm³/mol. The third kappa shape index (κ3) is 18.8. The van der Waals surface area contributed by atoms with Crippen LogP contribution < -0.4 is 5.73 Å². The van der Waals surface area contributed by atoms with E-state index < -0.39 is 141 Å². The molecule has 3 aliphatic rings. The first kappa shape index (κ1) is 56.1. The van der Waals surface area contributed by atoms with Crippen LogP contribution in [0.4, 0.5) is 0 Å². The molecule has 3 heterocycles. The Morgan fingerprint density at radius 2 is 1.28 bits per heavy atom. The second-order valence-corrected chi connectivity index (χ2v) is 17.8. The number of aliphatic carboxylic acids is 1. The highest BCUT2D eigenvalue weighted by Gasteiger charge is 2.51. The Kier molecular flexibility index (Phi) is 23.8. The van der Waals surface area contributed by atoms with Crippen LogP contribution in [0.1, 0.15) is 91.9 Å². The van der Waals surface area contributed by atoms with Crippen molar-refractivity contribution >= 4 is 11.9 Å². The third-order valence-electron chi connectivity index (χ3n) is 12.2. The van der Waals surface area contributed by atoms with Crippen LogP contribution in [-0.4, -0.2) is 166 Å². The number of hydrogen-bond donors (Lipinski definition) is 12. The quantitative estimate of drug-likeness (QED) is 0.175. The van der Waals surface area contributed by atoms with E-state index in [0.29, 0.717) is 0 Å². The number of aliphatic hydroxyl groups is 10. The normalized spacial score (nSPS) is 45.2. The fourth-order valence-corrected chi connectivity index (χ4v) is 8.11. The Balaban J connectivity index is 1.84. The first-order chi connectivity index (χ1) is 30.6. The smallest absolute Gasteiger partial charge is 0.311 e. The fourth-order valence-electron chi connectivity index (χ4n) is 8.11. The Morgan fingerprint density at radius 1 is 0.692 bits per heavy atom. The van der Waals surface area contributed by atoms with E-state index in [0.717, 1.165) is 12.8 Å². The van der Waals surface area contributed by atoms with E-state index >= 15 is 0 Å². The minimum atomic E-state index is -2.35. The van der Waals surface area contributed by atoms with Crippen molar-refractivity contribution in [3.8, 4) is 0 Å². The number of hydrogen-bond acceptors (Lipinski definition) is 17. The molecule has 3 rings (SSSR count). The van der Waals surface area contributed by atoms with Gasteiger partial charge >= 0.3 is 11.9 Å². The summed E-state index contributed by atoms with van der Waals surface area (Å²) >= 11 is 0. The number of nitrogens with two attached hydrogens (primary N) is 1. The Labute approximate surface area is 381 Å². The van der Waals surface area contributed by atoms with Gasteiger partial charge in [-0.05, 0) is 52.4 Å². The fraction of sp³-hybridized carbons (Fsp3) is 0.702. The molecular formula is C47H75NO17. The molecule has 0 saturated carbocycles. The maximum atomic E-state index is 12.6. The van der Waals surface area contributed by atoms with E-state index in [2.05, 4.69) is 0 Å². The molecule has 2 saturated heterocycles. The molecule has 3 aliphatic heterocycles. The molecule has 0 aromatic heterocycles. The maximum Gasteiger partial charge on any atom is 0.311 e. The van der Waals surface area contributed by atoms with Gasteiger partial charge in [0, 0.05) is 31.1 Å². The topological polar surface area (TPSA) is 320 Å². The Bertz CT molecular complexity index is 1620. The van der Waals surface area contributed by atoms with Crippen LogP contribution in [0, 0.1) is 17.8 Å². The van der Waals surface area contributed by atoms with Gasteiger partial charge in [-0.2, -0.15) is 0 Å². The molecule has 0 aromatic carbocycles. The van der Waals surface area contributed by atoms with Gasteiger partial charge in [-0.15, -0.1) is 0 Å². The van der Waals surface area contributed by atoms with Gasteiger partial charge in [0.2, 0.25) is 0 Å². The van der Waals surface area contributed by atoms with Crippen molar-refractivity contribution in [2.24, 2.45) is 23.5 Å². The molecule has 19 atom stereocenters. The molecule has 9 unspecified atom stereocenters. The first-order valence-electron chi connectivity index (χ1n) is 22.6. The van der Waals surface area contributed by atoms with E-state index in [1.54, 1.807) is 38.2 Å². The molecule has 18 nitrogen and oxygen atoms in total. The number of aliphatic hydroxyl groups excluding tert-OH is 9. The SMILES string of the molecule is C[C@@H]1[C@H](O)[C@@H](C)/C=C\C=C\CC/C=C/C=C/C=C/C=C/C(OC2O[C@H](C)[C@@H](O)[C@H](N)[C@@H]2O)CC2O[C@](O)(CC(O)C(O)CCC(O)CC(O)CC(O)CC(=O)O[C@H]1C)C[C@H](O)C2C(=O)O. The third-order valence-corrected chi connectivity index (χ3v) is 12.2. The molecule has 370 valence electrons. The van der Waals surface area contributed by atoms with Gasteiger partial charge in [-0.1, -0.05) is 86.8 Å². The van der Waals surface area contributed by atoms with Crippen LogP contribution in [0.25, 0.3) is 0 Å². The monoisotopic (exact) mass is 926 g/mol. The molecule has 0 amide bonds. The molecule has 2 fully saturated rings. The standard InChI is InChI=1S/C47H75NO17/c1-27-17-15-13-11-9-7-5-6-8-10-12-14-16-18-34(64-46-44(58)41(48)43(57)30(4)63-46)24-38-40(45(59)60)37(54)26-47(61,65-38)25-36(53)35(52)20-19-31(49)21-32(50)22-33(51)23-39(55)62-29(3)28(2)42(27)56/h5-6,8,10-18,27-38,40-44,46,49-54,56-58,61H,7,9,19-26,48H2,1-4H3,(H,59,60)/b6-5+,10-8+,13-11+,14-12+,17-15-,18-16+/t27-,28-,29-,30+,31?,32?,33?,34?,35?,36?,37-,38?,40?,41-,42+,43+,44-,46?,47+/m0/s1. The van der Waals surface area contributed by atoms with Crippen LogP contribution in [0.5, 0.6) is 0 Å². The highest BCUT2D eigenvalue weighted by atomic mass is 16.7. The van der Waals surface area contributed by atoms with E-state index in [-0.39, 0.29) is 38.0 Å². The molecule has 0 aliphatic carbocycles. The van der Waals surface area contributed by atoms with E-state index in [1.165, 1.54) is 13.0 Å². The summed E-state index contributed by atoms with van der Waals surface area (Å²) in [6.07, 6.45) is 2.28. The number of rotatable bonds is 3. The van der Waals surface area contributed by atoms with Crippen molar-refractivity contribution in [3.05, 3.63) is 72.9 Å². The van der Waals surface area contributed by atoms with Gasteiger partial charge < -0.3 is 80.9 Å². The average molecular weight is 926 g/mol. The lowest BCUT2D eigenvalue weighted by molar-refractivity contribution is -0.310. The highest BCUT2D eigenvalue weighted by Crippen LogP contribution is 2.38. The summed E-state index contributed by atoms with van der Waals surface area (Å²) in [5.74, 6) is -6.82. The number of fused-ring (bicyclic) bond motifs is 2. The second-order valence-electron chi connectivity index (χ2n) is 17.8. The lowest BCUT2D eigenvalue weighted by Gasteiger charge is -2.45. The van der Waals surface area contributed by atoms with Gasteiger partial charge in [-0.25, -0.2) is 0 Å². The lowest BCUT2D eigenvalue weighted by atomic mass is 9.82. The number of esters is 1. The first-order valence-corrected chi connectivity index (χ1v) is 22.6. The molecule has 0 radical (unpaired) electrons. The largest absolute Gasteiger partial charge is 0.481 e. The minimum Gasteiger partial charge on any atom is -0.481 e. The minimum absolute atomic E-state index is 0.138. The van der Waals surface area contributed by atoms with Gasteiger partial charge in [0.05, 0.1) is 79.6 Å². The van der Waals surface area contributed by atoms with Gasteiger partial charge in [0.15, 0.2) is 12.1 Å². The number of carbonyl (C=O) groups excluding carboxylic acids is 1. The zero-order valence-electron chi connectivity index (χ0n) is 37.8. The van der Waals surface area contributed by atoms with Crippen LogP contribution in [-0.2, 0) is 28.5 Å². The second kappa shape index (κ2) is 27.6. The van der Waals surface area contributed by atoms with Gasteiger partial charge in [0.25, 0.3) is 0 Å². The number of allylic oxidation sites excluding steroid dienone is 10. The summed E-state index contributed by atoms with van der Waals surface area (Å²) in [5, 5.41) is 118. The summed E-state index contributed by atoms with van der Waals surface area (Å²) < 4.78 is 23.2.